The van der Waals surface area contributed by atoms with Gasteiger partial charge in [0.2, 0.25) is 5.89 Å². The van der Waals surface area contributed by atoms with Crippen LogP contribution in [0, 0.1) is 13.8 Å². The number of aryl methyl sites for hydroxylation is 3. The smallest absolute Gasteiger partial charge is 0.341 e. The van der Waals surface area contributed by atoms with Crippen molar-refractivity contribution in [2.75, 3.05) is 18.5 Å². The second-order valence-electron chi connectivity index (χ2n) is 5.59. The quantitative estimate of drug-likeness (QED) is 0.674. The van der Waals surface area contributed by atoms with Gasteiger partial charge in [0.15, 0.2) is 11.5 Å². The molecule has 0 radical (unpaired) electrons. The van der Waals surface area contributed by atoms with Gasteiger partial charge in [0.05, 0.1) is 23.4 Å². The Balaban J connectivity index is 1.94. The van der Waals surface area contributed by atoms with E-state index in [1.807, 2.05) is 14.0 Å². The Morgan fingerprint density at radius 3 is 2.88 bits per heavy atom. The molecule has 0 unspecified atom stereocenters. The first-order chi connectivity index (χ1) is 12.0. The van der Waals surface area contributed by atoms with Gasteiger partial charge in [-0.3, -0.25) is 4.68 Å². The summed E-state index contributed by atoms with van der Waals surface area (Å²) in [5.74, 6) is 0.712. The van der Waals surface area contributed by atoms with E-state index in [-0.39, 0.29) is 0 Å². The van der Waals surface area contributed by atoms with E-state index in [9.17, 15) is 4.79 Å². The number of carbonyl (C=O) groups is 1. The third-order valence-electron chi connectivity index (χ3n) is 3.73. The van der Waals surface area contributed by atoms with Crippen molar-refractivity contribution in [3.05, 3.63) is 29.2 Å². The molecule has 0 saturated carbocycles. The van der Waals surface area contributed by atoms with Crippen molar-refractivity contribution in [2.45, 2.75) is 27.2 Å². The highest BCUT2D eigenvalue weighted by molar-refractivity contribution is 6.05. The number of pyridine rings is 1. The van der Waals surface area contributed by atoms with Crippen LogP contribution < -0.4 is 5.32 Å². The molecule has 3 heterocycles. The van der Waals surface area contributed by atoms with Crippen molar-refractivity contribution in [3.8, 4) is 0 Å². The summed E-state index contributed by atoms with van der Waals surface area (Å²) in [4.78, 5) is 20.8. The van der Waals surface area contributed by atoms with Crippen LogP contribution in [0.15, 0.2) is 10.7 Å². The van der Waals surface area contributed by atoms with Crippen LogP contribution in [0.5, 0.6) is 0 Å². The van der Waals surface area contributed by atoms with Crippen molar-refractivity contribution in [1.29, 1.82) is 0 Å². The summed E-state index contributed by atoms with van der Waals surface area (Å²) in [6.07, 6.45) is 2.05. The fourth-order valence-electron chi connectivity index (χ4n) is 2.69. The first-order valence-corrected chi connectivity index (χ1v) is 8.03. The lowest BCUT2D eigenvalue weighted by atomic mass is 10.1. The summed E-state index contributed by atoms with van der Waals surface area (Å²) in [7, 11) is 1.82. The molecule has 1 N–H and O–H groups in total. The van der Waals surface area contributed by atoms with Gasteiger partial charge >= 0.3 is 5.97 Å². The maximum Gasteiger partial charge on any atom is 0.341 e. The number of aromatic nitrogens is 5. The highest BCUT2D eigenvalue weighted by Gasteiger charge is 2.20. The van der Waals surface area contributed by atoms with Crippen LogP contribution in [0.1, 0.15) is 34.7 Å². The zero-order valence-corrected chi connectivity index (χ0v) is 14.7. The van der Waals surface area contributed by atoms with E-state index in [1.54, 1.807) is 18.5 Å². The van der Waals surface area contributed by atoms with Gasteiger partial charge in [-0.1, -0.05) is 5.16 Å². The van der Waals surface area contributed by atoms with Gasteiger partial charge in [-0.15, -0.1) is 0 Å². The first-order valence-electron chi connectivity index (χ1n) is 8.03. The molecule has 9 heteroatoms. The Kier molecular flexibility index (Phi) is 4.64. The number of nitrogens with zero attached hydrogens (tertiary/aromatic N) is 5. The SMILES string of the molecule is CCOC(=O)c1cnc2c(c(C)nn2C)c1NCCc1nc(C)no1. The first kappa shape index (κ1) is 16.9. The van der Waals surface area contributed by atoms with E-state index in [0.29, 0.717) is 48.2 Å². The predicted octanol–water partition coefficient (Wildman–Crippen LogP) is 1.80. The number of ether oxygens (including phenoxy) is 1. The number of anilines is 1. The summed E-state index contributed by atoms with van der Waals surface area (Å²) in [5, 5.41) is 12.2. The molecule has 0 aliphatic carbocycles. The number of hydrogen-bond donors (Lipinski definition) is 1. The molecule has 0 fully saturated rings. The molecular weight excluding hydrogens is 324 g/mol. The summed E-state index contributed by atoms with van der Waals surface area (Å²) in [5.41, 5.74) is 2.52. The Bertz CT molecular complexity index is 914. The van der Waals surface area contributed by atoms with E-state index >= 15 is 0 Å². The largest absolute Gasteiger partial charge is 0.462 e. The predicted molar refractivity (Wildman–Crippen MR) is 90.4 cm³/mol. The average molecular weight is 344 g/mol. The molecule has 9 nitrogen and oxygen atoms in total. The minimum absolute atomic E-state index is 0.295. The topological polar surface area (TPSA) is 108 Å². The molecule has 0 atom stereocenters. The zero-order valence-electron chi connectivity index (χ0n) is 14.7. The maximum absolute atomic E-state index is 12.3. The van der Waals surface area contributed by atoms with Crippen molar-refractivity contribution in [2.24, 2.45) is 7.05 Å². The van der Waals surface area contributed by atoms with Crippen LogP contribution in [0.4, 0.5) is 5.69 Å². The molecule has 3 rings (SSSR count). The normalized spacial score (nSPS) is 11.0. The second kappa shape index (κ2) is 6.88. The molecule has 0 aliphatic rings. The Hall–Kier alpha value is -2.97. The van der Waals surface area contributed by atoms with Crippen molar-refractivity contribution in [3.63, 3.8) is 0 Å². The molecule has 0 bridgehead atoms. The van der Waals surface area contributed by atoms with Crippen molar-refractivity contribution < 1.29 is 14.1 Å². The standard InChI is InChI=1S/C16H20N6O3/c1-5-24-16(23)11-8-18-15-13(9(2)20-22(15)4)14(11)17-7-6-12-19-10(3)21-25-12/h8H,5-7H2,1-4H3,(H,17,18). The van der Waals surface area contributed by atoms with Gasteiger partial charge < -0.3 is 14.6 Å². The van der Waals surface area contributed by atoms with E-state index in [1.165, 1.54) is 6.20 Å². The van der Waals surface area contributed by atoms with Crippen molar-refractivity contribution >= 4 is 22.7 Å². The van der Waals surface area contributed by atoms with Crippen LogP contribution in [0.2, 0.25) is 0 Å². The number of esters is 1. The van der Waals surface area contributed by atoms with Crippen LogP contribution in [0.25, 0.3) is 11.0 Å². The number of nitrogens with one attached hydrogen (secondary N) is 1. The fraction of sp³-hybridized carbons (Fsp3) is 0.438. The highest BCUT2D eigenvalue weighted by Crippen LogP contribution is 2.29. The highest BCUT2D eigenvalue weighted by atomic mass is 16.5. The molecule has 25 heavy (non-hydrogen) atoms. The molecule has 0 saturated heterocycles. The van der Waals surface area contributed by atoms with Gasteiger partial charge in [0.1, 0.15) is 5.56 Å². The van der Waals surface area contributed by atoms with Gasteiger partial charge in [-0.2, -0.15) is 10.1 Å². The summed E-state index contributed by atoms with van der Waals surface area (Å²) >= 11 is 0. The second-order valence-corrected chi connectivity index (χ2v) is 5.59. The number of rotatable bonds is 6. The third-order valence-corrected chi connectivity index (χ3v) is 3.73. The lowest BCUT2D eigenvalue weighted by Gasteiger charge is -2.12. The molecular formula is C16H20N6O3. The Morgan fingerprint density at radius 2 is 2.20 bits per heavy atom. The van der Waals surface area contributed by atoms with Gasteiger partial charge in [0, 0.05) is 26.2 Å². The van der Waals surface area contributed by atoms with E-state index in [0.717, 1.165) is 11.1 Å². The van der Waals surface area contributed by atoms with E-state index < -0.39 is 5.97 Å². The van der Waals surface area contributed by atoms with Crippen molar-refractivity contribution in [1.82, 2.24) is 24.9 Å². The van der Waals surface area contributed by atoms with E-state index in [2.05, 4.69) is 25.5 Å². The number of carbonyl (C=O) groups excluding carboxylic acids is 1. The maximum atomic E-state index is 12.3. The van der Waals surface area contributed by atoms with Crippen LogP contribution >= 0.6 is 0 Å². The molecule has 3 aromatic rings. The molecule has 0 amide bonds. The van der Waals surface area contributed by atoms with Gasteiger partial charge in [-0.05, 0) is 20.8 Å². The van der Waals surface area contributed by atoms with Gasteiger partial charge in [-0.25, -0.2) is 9.78 Å². The van der Waals surface area contributed by atoms with Crippen LogP contribution in [0.3, 0.4) is 0 Å². The zero-order chi connectivity index (χ0) is 18.0. The number of fused-ring (bicyclic) bond motifs is 1. The summed E-state index contributed by atoms with van der Waals surface area (Å²) in [6, 6.07) is 0. The van der Waals surface area contributed by atoms with E-state index in [4.69, 9.17) is 9.26 Å². The molecule has 0 aromatic carbocycles. The summed E-state index contributed by atoms with van der Waals surface area (Å²) in [6.45, 7) is 6.23. The Labute approximate surface area is 144 Å². The molecule has 0 spiro atoms. The molecule has 3 aromatic heterocycles. The molecule has 0 aliphatic heterocycles. The fourth-order valence-corrected chi connectivity index (χ4v) is 2.69. The monoisotopic (exact) mass is 344 g/mol. The third kappa shape index (κ3) is 3.30. The average Bonchev–Trinajstić information content (AvgIpc) is 3.11. The number of hydrogen-bond acceptors (Lipinski definition) is 8. The van der Waals surface area contributed by atoms with Crippen LogP contribution in [-0.4, -0.2) is 44.0 Å². The summed E-state index contributed by atoms with van der Waals surface area (Å²) < 4.78 is 11.9. The lowest BCUT2D eigenvalue weighted by molar-refractivity contribution is 0.0527. The Morgan fingerprint density at radius 1 is 1.40 bits per heavy atom. The lowest BCUT2D eigenvalue weighted by Crippen LogP contribution is -2.13. The minimum atomic E-state index is -0.420. The van der Waals surface area contributed by atoms with Crippen LogP contribution in [-0.2, 0) is 18.2 Å². The minimum Gasteiger partial charge on any atom is -0.462 e. The van der Waals surface area contributed by atoms with Gasteiger partial charge in [0.25, 0.3) is 0 Å². The molecule has 132 valence electrons.